The first kappa shape index (κ1) is 14.1. The summed E-state index contributed by atoms with van der Waals surface area (Å²) >= 11 is 0. The molecule has 1 aromatic rings. The van der Waals surface area contributed by atoms with E-state index in [9.17, 15) is 0 Å². The minimum atomic E-state index is -0.445. The molecule has 0 aliphatic rings. The van der Waals surface area contributed by atoms with Crippen molar-refractivity contribution in [2.75, 3.05) is 7.11 Å². The molecule has 0 bridgehead atoms. The van der Waals surface area contributed by atoms with Crippen molar-refractivity contribution in [2.24, 2.45) is 5.73 Å². The van der Waals surface area contributed by atoms with Gasteiger partial charge < -0.3 is 15.0 Å². The van der Waals surface area contributed by atoms with Gasteiger partial charge >= 0.3 is 0 Å². The molecule has 0 saturated carbocycles. The van der Waals surface area contributed by atoms with Crippen molar-refractivity contribution in [2.45, 2.75) is 58.1 Å². The zero-order valence-electron chi connectivity index (χ0n) is 11.4. The highest BCUT2D eigenvalue weighted by Gasteiger charge is 2.34. The Morgan fingerprint density at radius 2 is 1.94 bits per heavy atom. The summed E-state index contributed by atoms with van der Waals surface area (Å²) < 4.78 is 10.8. The first-order valence-electron chi connectivity index (χ1n) is 6.15. The second kappa shape index (κ2) is 5.60. The smallest absolute Gasteiger partial charge is 0.231 e. The van der Waals surface area contributed by atoms with Crippen LogP contribution in [0.25, 0.3) is 0 Å². The van der Waals surface area contributed by atoms with Crippen LogP contribution in [-0.2, 0) is 10.3 Å². The van der Waals surface area contributed by atoms with Crippen LogP contribution in [0.2, 0.25) is 0 Å². The third-order valence-electron chi connectivity index (χ3n) is 3.56. The summed E-state index contributed by atoms with van der Waals surface area (Å²) in [5, 5.41) is 4.04. The van der Waals surface area contributed by atoms with Gasteiger partial charge in [-0.2, -0.15) is 4.98 Å². The molecule has 1 heterocycles. The van der Waals surface area contributed by atoms with E-state index in [1.54, 1.807) is 7.11 Å². The monoisotopic (exact) mass is 241 g/mol. The van der Waals surface area contributed by atoms with E-state index in [0.29, 0.717) is 11.7 Å². The number of nitrogens with two attached hydrogens (primary N) is 1. The lowest BCUT2D eigenvalue weighted by atomic mass is 9.96. The quantitative estimate of drug-likeness (QED) is 0.826. The lowest BCUT2D eigenvalue weighted by molar-refractivity contribution is -0.0306. The molecule has 2 atom stereocenters. The van der Waals surface area contributed by atoms with Crippen molar-refractivity contribution in [3.63, 3.8) is 0 Å². The predicted molar refractivity (Wildman–Crippen MR) is 65.6 cm³/mol. The summed E-state index contributed by atoms with van der Waals surface area (Å²) in [5.41, 5.74) is 5.38. The Morgan fingerprint density at radius 3 is 2.35 bits per heavy atom. The first-order chi connectivity index (χ1) is 8.00. The summed E-state index contributed by atoms with van der Waals surface area (Å²) in [7, 11) is 1.68. The van der Waals surface area contributed by atoms with Gasteiger partial charge in [-0.25, -0.2) is 0 Å². The summed E-state index contributed by atoms with van der Waals surface area (Å²) in [6.45, 7) is 8.02. The summed E-state index contributed by atoms with van der Waals surface area (Å²) in [6, 6.07) is -0.0107. The molecule has 1 rings (SSSR count). The number of aromatic nitrogens is 2. The summed E-state index contributed by atoms with van der Waals surface area (Å²) in [5.74, 6) is 1.25. The van der Waals surface area contributed by atoms with Crippen LogP contribution >= 0.6 is 0 Å². The molecule has 0 amide bonds. The Kier molecular flexibility index (Phi) is 4.65. The largest absolute Gasteiger partial charge is 0.370 e. The van der Waals surface area contributed by atoms with Crippen LogP contribution in [0.15, 0.2) is 4.52 Å². The van der Waals surface area contributed by atoms with Crippen LogP contribution in [0.4, 0.5) is 0 Å². The molecular formula is C12H23N3O2. The molecule has 0 spiro atoms. The van der Waals surface area contributed by atoms with E-state index < -0.39 is 5.60 Å². The molecular weight excluding hydrogens is 218 g/mol. The van der Waals surface area contributed by atoms with E-state index in [4.69, 9.17) is 15.0 Å². The van der Waals surface area contributed by atoms with Gasteiger partial charge in [-0.15, -0.1) is 0 Å². The molecule has 5 nitrogen and oxygen atoms in total. The van der Waals surface area contributed by atoms with Gasteiger partial charge in [0.2, 0.25) is 11.7 Å². The van der Waals surface area contributed by atoms with Gasteiger partial charge in [0.05, 0.1) is 5.92 Å². The van der Waals surface area contributed by atoms with Crippen molar-refractivity contribution in [3.8, 4) is 0 Å². The molecule has 0 aliphatic heterocycles. The number of rotatable bonds is 6. The van der Waals surface area contributed by atoms with E-state index in [-0.39, 0.29) is 12.0 Å². The fraction of sp³-hybridized carbons (Fsp3) is 0.833. The first-order valence-corrected chi connectivity index (χ1v) is 6.15. The Bertz CT molecular complexity index is 337. The Hall–Kier alpha value is -0.940. The molecule has 0 aromatic carbocycles. The van der Waals surface area contributed by atoms with E-state index in [1.807, 2.05) is 13.8 Å². The van der Waals surface area contributed by atoms with Crippen LogP contribution in [-0.4, -0.2) is 23.3 Å². The SMILES string of the molecule is CCC(CC)(OC)c1noc(C(C)C(C)N)n1. The molecule has 2 N–H and O–H groups in total. The molecule has 5 heteroatoms. The van der Waals surface area contributed by atoms with Crippen molar-refractivity contribution in [1.29, 1.82) is 0 Å². The second-order valence-corrected chi connectivity index (χ2v) is 4.51. The fourth-order valence-electron chi connectivity index (χ4n) is 1.78. The highest BCUT2D eigenvalue weighted by molar-refractivity contribution is 5.04. The van der Waals surface area contributed by atoms with Gasteiger partial charge in [-0.1, -0.05) is 25.9 Å². The van der Waals surface area contributed by atoms with Gasteiger partial charge in [0.25, 0.3) is 0 Å². The summed E-state index contributed by atoms with van der Waals surface area (Å²) in [4.78, 5) is 4.43. The fourth-order valence-corrected chi connectivity index (χ4v) is 1.78. The topological polar surface area (TPSA) is 74.2 Å². The van der Waals surface area contributed by atoms with E-state index in [0.717, 1.165) is 12.8 Å². The normalized spacial score (nSPS) is 15.9. The van der Waals surface area contributed by atoms with Crippen molar-refractivity contribution < 1.29 is 9.26 Å². The van der Waals surface area contributed by atoms with E-state index in [1.165, 1.54) is 0 Å². The number of nitrogens with zero attached hydrogens (tertiary/aromatic N) is 2. The van der Waals surface area contributed by atoms with Crippen molar-refractivity contribution >= 4 is 0 Å². The third kappa shape index (κ3) is 2.66. The lowest BCUT2D eigenvalue weighted by Crippen LogP contribution is -2.28. The molecule has 0 radical (unpaired) electrons. The Morgan fingerprint density at radius 1 is 1.35 bits per heavy atom. The second-order valence-electron chi connectivity index (χ2n) is 4.51. The number of ether oxygens (including phenoxy) is 1. The van der Waals surface area contributed by atoms with Crippen LogP contribution in [0, 0.1) is 0 Å². The Balaban J connectivity index is 3.00. The zero-order chi connectivity index (χ0) is 13.1. The predicted octanol–water partition coefficient (Wildman–Crippen LogP) is 2.18. The minimum Gasteiger partial charge on any atom is -0.370 e. The van der Waals surface area contributed by atoms with Crippen molar-refractivity contribution in [1.82, 2.24) is 10.1 Å². The maximum Gasteiger partial charge on any atom is 0.231 e. The highest BCUT2D eigenvalue weighted by atomic mass is 16.5. The Labute approximate surface area is 103 Å². The number of methoxy groups -OCH3 is 1. The molecule has 17 heavy (non-hydrogen) atoms. The maximum atomic E-state index is 5.82. The van der Waals surface area contributed by atoms with Crippen LogP contribution in [0.1, 0.15) is 58.2 Å². The third-order valence-corrected chi connectivity index (χ3v) is 3.56. The van der Waals surface area contributed by atoms with Gasteiger partial charge in [0.15, 0.2) is 0 Å². The molecule has 2 unspecified atom stereocenters. The lowest BCUT2D eigenvalue weighted by Gasteiger charge is -2.26. The molecule has 98 valence electrons. The molecule has 0 fully saturated rings. The standard InChI is InChI=1S/C12H23N3O2/c1-6-12(7-2,16-5)11-14-10(17-15-11)8(3)9(4)13/h8-9H,6-7,13H2,1-5H3. The van der Waals surface area contributed by atoms with Crippen LogP contribution in [0.5, 0.6) is 0 Å². The van der Waals surface area contributed by atoms with Gasteiger partial charge in [-0.3, -0.25) is 0 Å². The van der Waals surface area contributed by atoms with E-state index in [2.05, 4.69) is 24.0 Å². The van der Waals surface area contributed by atoms with Gasteiger partial charge in [-0.05, 0) is 19.8 Å². The minimum absolute atomic E-state index is 0.0107. The highest BCUT2D eigenvalue weighted by Crippen LogP contribution is 2.31. The zero-order valence-corrected chi connectivity index (χ0v) is 11.4. The maximum absolute atomic E-state index is 5.82. The number of hydrogen-bond acceptors (Lipinski definition) is 5. The van der Waals surface area contributed by atoms with Gasteiger partial charge in [0.1, 0.15) is 5.60 Å². The van der Waals surface area contributed by atoms with Crippen LogP contribution in [0.3, 0.4) is 0 Å². The average molecular weight is 241 g/mol. The summed E-state index contributed by atoms with van der Waals surface area (Å²) in [6.07, 6.45) is 1.62. The van der Waals surface area contributed by atoms with E-state index >= 15 is 0 Å². The number of hydrogen-bond donors (Lipinski definition) is 1. The van der Waals surface area contributed by atoms with Crippen LogP contribution < -0.4 is 5.73 Å². The average Bonchev–Trinajstić information content (AvgIpc) is 2.81. The van der Waals surface area contributed by atoms with Crippen molar-refractivity contribution in [3.05, 3.63) is 11.7 Å². The van der Waals surface area contributed by atoms with Gasteiger partial charge in [0, 0.05) is 13.2 Å². The molecule has 0 aliphatic carbocycles. The molecule has 1 aromatic heterocycles. The molecule has 0 saturated heterocycles.